The van der Waals surface area contributed by atoms with E-state index in [-0.39, 0.29) is 6.09 Å². The number of carbonyl (C=O) groups excluding carboxylic acids is 1. The van der Waals surface area contributed by atoms with E-state index in [1.807, 2.05) is 34.6 Å². The van der Waals surface area contributed by atoms with E-state index in [1.54, 1.807) is 20.4 Å². The topological polar surface area (TPSA) is 51.7 Å². The molecule has 0 unspecified atom stereocenters. The van der Waals surface area contributed by atoms with Crippen molar-refractivity contribution in [1.29, 1.82) is 0 Å². The molecule has 0 bridgehead atoms. The average molecular weight is 280 g/mol. The number of aromatic nitrogens is 1. The van der Waals surface area contributed by atoms with Crippen LogP contribution in [-0.4, -0.2) is 35.7 Å². The monoisotopic (exact) mass is 280 g/mol. The maximum atomic E-state index is 11.9. The fourth-order valence-electron chi connectivity index (χ4n) is 1.86. The van der Waals surface area contributed by atoms with E-state index in [0.717, 1.165) is 22.6 Å². The SMILES string of the molecule is COc1c(C)cnc(CN(C)C(=O)OC(C)(C)C)c1C. The smallest absolute Gasteiger partial charge is 0.410 e. The molecule has 5 heteroatoms. The zero-order chi connectivity index (χ0) is 15.5. The van der Waals surface area contributed by atoms with E-state index >= 15 is 0 Å². The predicted octanol–water partition coefficient (Wildman–Crippen LogP) is 3.07. The summed E-state index contributed by atoms with van der Waals surface area (Å²) >= 11 is 0. The van der Waals surface area contributed by atoms with Crippen LogP contribution in [0.2, 0.25) is 0 Å². The molecule has 0 N–H and O–H groups in total. The Bertz CT molecular complexity index is 493. The number of nitrogens with zero attached hydrogens (tertiary/aromatic N) is 2. The molecule has 1 amide bonds. The van der Waals surface area contributed by atoms with Crippen molar-refractivity contribution in [3.63, 3.8) is 0 Å². The van der Waals surface area contributed by atoms with Crippen LogP contribution in [-0.2, 0) is 11.3 Å². The quantitative estimate of drug-likeness (QED) is 0.854. The van der Waals surface area contributed by atoms with Crippen LogP contribution in [0.4, 0.5) is 4.79 Å². The van der Waals surface area contributed by atoms with Crippen LogP contribution in [0, 0.1) is 13.8 Å². The second-order valence-corrected chi connectivity index (χ2v) is 5.88. The molecule has 0 aliphatic carbocycles. The highest BCUT2D eigenvalue weighted by atomic mass is 16.6. The molecule has 0 aromatic carbocycles. The molecule has 0 saturated carbocycles. The molecule has 1 aromatic rings. The van der Waals surface area contributed by atoms with Crippen LogP contribution in [0.25, 0.3) is 0 Å². The van der Waals surface area contributed by atoms with E-state index in [1.165, 1.54) is 4.90 Å². The van der Waals surface area contributed by atoms with Gasteiger partial charge in [-0.15, -0.1) is 0 Å². The van der Waals surface area contributed by atoms with E-state index < -0.39 is 5.60 Å². The minimum absolute atomic E-state index is 0.363. The lowest BCUT2D eigenvalue weighted by atomic mass is 10.1. The van der Waals surface area contributed by atoms with Gasteiger partial charge in [0.15, 0.2) is 0 Å². The van der Waals surface area contributed by atoms with Gasteiger partial charge in [0.1, 0.15) is 11.4 Å². The Morgan fingerprint density at radius 2 is 1.95 bits per heavy atom. The molecule has 1 aromatic heterocycles. The van der Waals surface area contributed by atoms with Gasteiger partial charge in [-0.3, -0.25) is 4.98 Å². The average Bonchev–Trinajstić information content (AvgIpc) is 2.31. The molecule has 0 aliphatic heterocycles. The van der Waals surface area contributed by atoms with Crippen LogP contribution < -0.4 is 4.74 Å². The van der Waals surface area contributed by atoms with Crippen molar-refractivity contribution in [3.8, 4) is 5.75 Å². The van der Waals surface area contributed by atoms with E-state index in [0.29, 0.717) is 6.54 Å². The lowest BCUT2D eigenvalue weighted by molar-refractivity contribution is 0.0282. The Labute approximate surface area is 120 Å². The third kappa shape index (κ3) is 4.11. The maximum Gasteiger partial charge on any atom is 0.410 e. The van der Waals surface area contributed by atoms with Gasteiger partial charge in [0.25, 0.3) is 0 Å². The van der Waals surface area contributed by atoms with Crippen LogP contribution in [0.15, 0.2) is 6.20 Å². The summed E-state index contributed by atoms with van der Waals surface area (Å²) < 4.78 is 10.7. The molecule has 1 heterocycles. The third-order valence-electron chi connectivity index (χ3n) is 2.84. The number of amides is 1. The standard InChI is InChI=1S/C15H24N2O3/c1-10-8-16-12(11(2)13(10)19-7)9-17(6)14(18)20-15(3,4)5/h8H,9H2,1-7H3. The molecule has 0 spiro atoms. The Hall–Kier alpha value is -1.78. The first-order valence-corrected chi connectivity index (χ1v) is 6.59. The fraction of sp³-hybridized carbons (Fsp3) is 0.600. The molecule has 0 saturated heterocycles. The summed E-state index contributed by atoms with van der Waals surface area (Å²) in [6.45, 7) is 9.81. The zero-order valence-electron chi connectivity index (χ0n) is 13.4. The molecular formula is C15H24N2O3. The minimum atomic E-state index is -0.501. The number of hydrogen-bond acceptors (Lipinski definition) is 4. The summed E-state index contributed by atoms with van der Waals surface area (Å²) in [7, 11) is 3.33. The van der Waals surface area contributed by atoms with Crippen molar-refractivity contribution in [3.05, 3.63) is 23.0 Å². The predicted molar refractivity (Wildman–Crippen MR) is 78.0 cm³/mol. The largest absolute Gasteiger partial charge is 0.496 e. The van der Waals surface area contributed by atoms with Crippen molar-refractivity contribution in [1.82, 2.24) is 9.88 Å². The van der Waals surface area contributed by atoms with Crippen LogP contribution in [0.3, 0.4) is 0 Å². The summed E-state index contributed by atoms with van der Waals surface area (Å²) in [6, 6.07) is 0. The van der Waals surface area contributed by atoms with Gasteiger partial charge < -0.3 is 14.4 Å². The Kier molecular flexibility index (Phi) is 4.98. The lowest BCUT2D eigenvalue weighted by Gasteiger charge is -2.25. The Morgan fingerprint density at radius 1 is 1.35 bits per heavy atom. The molecule has 5 nitrogen and oxygen atoms in total. The normalized spacial score (nSPS) is 11.2. The molecule has 1 rings (SSSR count). The van der Waals surface area contributed by atoms with Crippen molar-refractivity contribution < 1.29 is 14.3 Å². The summed E-state index contributed by atoms with van der Waals surface area (Å²) in [4.78, 5) is 17.8. The van der Waals surface area contributed by atoms with Crippen molar-refractivity contribution in [2.24, 2.45) is 0 Å². The number of pyridine rings is 1. The van der Waals surface area contributed by atoms with Gasteiger partial charge in [0.05, 0.1) is 19.3 Å². The first kappa shape index (κ1) is 16.3. The molecule has 0 atom stereocenters. The first-order chi connectivity index (χ1) is 9.15. The van der Waals surface area contributed by atoms with Gasteiger partial charge in [-0.2, -0.15) is 0 Å². The second kappa shape index (κ2) is 6.11. The molecule has 0 fully saturated rings. The number of aryl methyl sites for hydroxylation is 1. The number of methoxy groups -OCH3 is 1. The lowest BCUT2D eigenvalue weighted by Crippen LogP contribution is -2.34. The van der Waals surface area contributed by atoms with Crippen molar-refractivity contribution in [2.75, 3.05) is 14.2 Å². The fourth-order valence-corrected chi connectivity index (χ4v) is 1.86. The van der Waals surface area contributed by atoms with Gasteiger partial charge in [-0.25, -0.2) is 4.79 Å². The number of hydrogen-bond donors (Lipinski definition) is 0. The summed E-state index contributed by atoms with van der Waals surface area (Å²) in [5, 5.41) is 0. The molecule has 20 heavy (non-hydrogen) atoms. The van der Waals surface area contributed by atoms with Gasteiger partial charge in [0.2, 0.25) is 0 Å². The highest BCUT2D eigenvalue weighted by Crippen LogP contribution is 2.24. The van der Waals surface area contributed by atoms with Crippen LogP contribution >= 0.6 is 0 Å². The zero-order valence-corrected chi connectivity index (χ0v) is 13.4. The summed E-state index contributed by atoms with van der Waals surface area (Å²) in [6.07, 6.45) is 1.39. The van der Waals surface area contributed by atoms with Crippen LogP contribution in [0.5, 0.6) is 5.75 Å². The summed E-state index contributed by atoms with van der Waals surface area (Å²) in [5.74, 6) is 0.813. The molecule has 0 aliphatic rings. The van der Waals surface area contributed by atoms with Gasteiger partial charge in [0, 0.05) is 24.4 Å². The maximum absolute atomic E-state index is 11.9. The van der Waals surface area contributed by atoms with Crippen molar-refractivity contribution in [2.45, 2.75) is 46.8 Å². The Balaban J connectivity index is 2.86. The van der Waals surface area contributed by atoms with Crippen molar-refractivity contribution >= 4 is 6.09 Å². The number of ether oxygens (including phenoxy) is 2. The van der Waals surface area contributed by atoms with E-state index in [2.05, 4.69) is 4.98 Å². The highest BCUT2D eigenvalue weighted by Gasteiger charge is 2.21. The molecule has 0 radical (unpaired) electrons. The van der Waals surface area contributed by atoms with E-state index in [9.17, 15) is 4.79 Å². The highest BCUT2D eigenvalue weighted by molar-refractivity contribution is 5.67. The number of carbonyl (C=O) groups is 1. The first-order valence-electron chi connectivity index (χ1n) is 6.59. The molecule has 112 valence electrons. The Morgan fingerprint density at radius 3 is 2.45 bits per heavy atom. The third-order valence-corrected chi connectivity index (χ3v) is 2.84. The number of rotatable bonds is 3. The van der Waals surface area contributed by atoms with Gasteiger partial charge >= 0.3 is 6.09 Å². The second-order valence-electron chi connectivity index (χ2n) is 5.88. The van der Waals surface area contributed by atoms with Gasteiger partial charge in [-0.05, 0) is 34.6 Å². The summed E-state index contributed by atoms with van der Waals surface area (Å²) in [5.41, 5.74) is 2.23. The van der Waals surface area contributed by atoms with Gasteiger partial charge in [-0.1, -0.05) is 0 Å². The minimum Gasteiger partial charge on any atom is -0.496 e. The van der Waals surface area contributed by atoms with E-state index in [4.69, 9.17) is 9.47 Å². The molecular weight excluding hydrogens is 256 g/mol. The van der Waals surface area contributed by atoms with Crippen LogP contribution in [0.1, 0.15) is 37.6 Å².